The quantitative estimate of drug-likeness (QED) is 0.704. The highest BCUT2D eigenvalue weighted by Crippen LogP contribution is 2.19. The molecule has 1 unspecified atom stereocenters. The second-order valence-corrected chi connectivity index (χ2v) is 4.47. The average molecular weight is 296 g/mol. The van der Waals surface area contributed by atoms with Crippen molar-refractivity contribution in [2.45, 2.75) is 6.10 Å². The molecule has 2 rings (SSSR count). The van der Waals surface area contributed by atoms with Crippen LogP contribution in [0.25, 0.3) is 5.69 Å². The van der Waals surface area contributed by atoms with E-state index in [9.17, 15) is 9.90 Å². The molecule has 0 saturated carbocycles. The highest BCUT2D eigenvalue weighted by Gasteiger charge is 2.11. The van der Waals surface area contributed by atoms with Crippen molar-refractivity contribution in [1.82, 2.24) is 9.78 Å². The van der Waals surface area contributed by atoms with E-state index in [0.717, 1.165) is 5.69 Å². The van der Waals surface area contributed by atoms with Crippen molar-refractivity contribution in [3.05, 3.63) is 42.2 Å². The Morgan fingerprint density at radius 1 is 1.40 bits per heavy atom. The van der Waals surface area contributed by atoms with E-state index in [2.05, 4.69) is 10.4 Å². The summed E-state index contributed by atoms with van der Waals surface area (Å²) in [7, 11) is 0. The Labute approximate surface area is 120 Å². The number of aromatic nitrogens is 2. The maximum absolute atomic E-state index is 10.8. The Balaban J connectivity index is 2.24. The van der Waals surface area contributed by atoms with Crippen LogP contribution in [0.1, 0.15) is 10.5 Å². The number of alkyl halides is 1. The molecule has 0 aliphatic rings. The molecule has 2 aromatic rings. The number of benzene rings is 1. The van der Waals surface area contributed by atoms with Crippen LogP contribution < -0.4 is 5.32 Å². The van der Waals surface area contributed by atoms with E-state index >= 15 is 0 Å². The van der Waals surface area contributed by atoms with E-state index in [-0.39, 0.29) is 11.6 Å². The van der Waals surface area contributed by atoms with Gasteiger partial charge in [-0.1, -0.05) is 12.1 Å². The SMILES string of the molecule is O=C(O)c1ccn(-c2ccccc2NCC(O)CCl)n1. The number of halogens is 1. The number of aliphatic hydroxyl groups excluding tert-OH is 1. The van der Waals surface area contributed by atoms with Crippen LogP contribution in [0, 0.1) is 0 Å². The summed E-state index contributed by atoms with van der Waals surface area (Å²) < 4.78 is 1.47. The van der Waals surface area contributed by atoms with Crippen molar-refractivity contribution in [2.75, 3.05) is 17.7 Å². The van der Waals surface area contributed by atoms with Gasteiger partial charge in [0.2, 0.25) is 0 Å². The van der Waals surface area contributed by atoms with Gasteiger partial charge in [-0.25, -0.2) is 9.48 Å². The first-order valence-corrected chi connectivity index (χ1v) is 6.51. The number of nitrogens with one attached hydrogen (secondary N) is 1. The third-order valence-electron chi connectivity index (χ3n) is 2.67. The number of carboxylic acids is 1. The third kappa shape index (κ3) is 3.28. The van der Waals surface area contributed by atoms with Crippen LogP contribution in [0.5, 0.6) is 0 Å². The topological polar surface area (TPSA) is 87.4 Å². The summed E-state index contributed by atoms with van der Waals surface area (Å²) in [6.45, 7) is 0.299. The Morgan fingerprint density at radius 2 is 2.15 bits per heavy atom. The molecule has 20 heavy (non-hydrogen) atoms. The van der Waals surface area contributed by atoms with E-state index in [1.165, 1.54) is 10.7 Å². The molecule has 1 heterocycles. The summed E-state index contributed by atoms with van der Waals surface area (Å²) in [4.78, 5) is 10.8. The van der Waals surface area contributed by atoms with E-state index in [1.54, 1.807) is 12.3 Å². The molecule has 0 spiro atoms. The fraction of sp³-hybridized carbons (Fsp3) is 0.231. The van der Waals surface area contributed by atoms with Gasteiger partial charge in [0.1, 0.15) is 0 Å². The summed E-state index contributed by atoms with van der Waals surface area (Å²) in [5, 5.41) is 25.4. The smallest absolute Gasteiger partial charge is 0.356 e. The molecule has 7 heteroatoms. The maximum Gasteiger partial charge on any atom is 0.356 e. The fourth-order valence-corrected chi connectivity index (χ4v) is 1.79. The molecule has 0 aliphatic heterocycles. The van der Waals surface area contributed by atoms with Crippen molar-refractivity contribution in [3.8, 4) is 5.69 Å². The van der Waals surface area contributed by atoms with Crippen LogP contribution in [-0.2, 0) is 0 Å². The minimum Gasteiger partial charge on any atom is -0.476 e. The van der Waals surface area contributed by atoms with Crippen LogP contribution in [0.15, 0.2) is 36.5 Å². The molecule has 0 amide bonds. The van der Waals surface area contributed by atoms with Gasteiger partial charge in [-0.3, -0.25) is 0 Å². The van der Waals surface area contributed by atoms with Crippen LogP contribution >= 0.6 is 11.6 Å². The lowest BCUT2D eigenvalue weighted by Crippen LogP contribution is -2.21. The van der Waals surface area contributed by atoms with Gasteiger partial charge in [-0.15, -0.1) is 11.6 Å². The highest BCUT2D eigenvalue weighted by atomic mass is 35.5. The zero-order chi connectivity index (χ0) is 14.5. The summed E-state index contributed by atoms with van der Waals surface area (Å²) in [6.07, 6.45) is 0.916. The van der Waals surface area contributed by atoms with Gasteiger partial charge in [0.05, 0.1) is 23.4 Å². The lowest BCUT2D eigenvalue weighted by atomic mass is 10.2. The minimum absolute atomic E-state index is 0.0272. The zero-order valence-electron chi connectivity index (χ0n) is 10.5. The average Bonchev–Trinajstić information content (AvgIpc) is 2.95. The Bertz CT molecular complexity index is 600. The molecular weight excluding hydrogens is 282 g/mol. The number of para-hydroxylation sites is 2. The van der Waals surface area contributed by atoms with Gasteiger partial charge in [0, 0.05) is 12.7 Å². The largest absolute Gasteiger partial charge is 0.476 e. The number of nitrogens with zero attached hydrogens (tertiary/aromatic N) is 2. The number of anilines is 1. The maximum atomic E-state index is 10.8. The fourth-order valence-electron chi connectivity index (χ4n) is 1.68. The van der Waals surface area contributed by atoms with Gasteiger partial charge in [-0.05, 0) is 18.2 Å². The normalized spacial score (nSPS) is 12.1. The first-order valence-electron chi connectivity index (χ1n) is 5.98. The Kier molecular flexibility index (Phi) is 4.60. The number of hydrogen-bond acceptors (Lipinski definition) is 4. The molecule has 106 valence electrons. The monoisotopic (exact) mass is 295 g/mol. The van der Waals surface area contributed by atoms with Gasteiger partial charge >= 0.3 is 5.97 Å². The third-order valence-corrected chi connectivity index (χ3v) is 3.02. The predicted molar refractivity (Wildman–Crippen MR) is 75.7 cm³/mol. The van der Waals surface area contributed by atoms with E-state index in [1.807, 2.05) is 18.2 Å². The number of aromatic carboxylic acids is 1. The van der Waals surface area contributed by atoms with Crippen molar-refractivity contribution in [2.24, 2.45) is 0 Å². The lowest BCUT2D eigenvalue weighted by Gasteiger charge is -2.13. The van der Waals surface area contributed by atoms with Gasteiger partial charge in [0.15, 0.2) is 5.69 Å². The Morgan fingerprint density at radius 3 is 2.80 bits per heavy atom. The second kappa shape index (κ2) is 6.40. The molecule has 6 nitrogen and oxygen atoms in total. The molecular formula is C13H14ClN3O3. The molecule has 0 aliphatic carbocycles. The van der Waals surface area contributed by atoms with E-state index < -0.39 is 12.1 Å². The molecule has 0 fully saturated rings. The van der Waals surface area contributed by atoms with Gasteiger partial charge in [0.25, 0.3) is 0 Å². The molecule has 1 atom stereocenters. The number of rotatable bonds is 6. The van der Waals surface area contributed by atoms with Crippen molar-refractivity contribution in [3.63, 3.8) is 0 Å². The number of hydrogen-bond donors (Lipinski definition) is 3. The summed E-state index contributed by atoms with van der Waals surface area (Å²) in [5.41, 5.74) is 1.40. The standard InChI is InChI=1S/C13H14ClN3O3/c14-7-9(18)8-15-10-3-1-2-4-12(10)17-6-5-11(16-17)13(19)20/h1-6,9,15,18H,7-8H2,(H,19,20). The lowest BCUT2D eigenvalue weighted by molar-refractivity contribution is 0.0690. The summed E-state index contributed by atoms with van der Waals surface area (Å²) >= 11 is 5.54. The van der Waals surface area contributed by atoms with Crippen LogP contribution in [0.4, 0.5) is 5.69 Å². The molecule has 1 aromatic heterocycles. The predicted octanol–water partition coefficient (Wildman–Crippen LogP) is 1.58. The highest BCUT2D eigenvalue weighted by molar-refractivity contribution is 6.18. The van der Waals surface area contributed by atoms with Crippen molar-refractivity contribution < 1.29 is 15.0 Å². The van der Waals surface area contributed by atoms with Crippen LogP contribution in [0.3, 0.4) is 0 Å². The Hall–Kier alpha value is -2.05. The first kappa shape index (κ1) is 14.4. The molecule has 0 bridgehead atoms. The van der Waals surface area contributed by atoms with E-state index in [4.69, 9.17) is 16.7 Å². The minimum atomic E-state index is -1.08. The number of carboxylic acid groups (broad SMARTS) is 1. The number of aliphatic hydroxyl groups is 1. The molecule has 0 saturated heterocycles. The second-order valence-electron chi connectivity index (χ2n) is 4.16. The molecule has 3 N–H and O–H groups in total. The van der Waals surface area contributed by atoms with Crippen LogP contribution in [0.2, 0.25) is 0 Å². The van der Waals surface area contributed by atoms with Crippen molar-refractivity contribution in [1.29, 1.82) is 0 Å². The molecule has 0 radical (unpaired) electrons. The zero-order valence-corrected chi connectivity index (χ0v) is 11.3. The first-order chi connectivity index (χ1) is 9.61. The van der Waals surface area contributed by atoms with E-state index in [0.29, 0.717) is 12.2 Å². The number of carbonyl (C=O) groups is 1. The summed E-state index contributed by atoms with van der Waals surface area (Å²) in [5.74, 6) is -0.938. The molecule has 1 aromatic carbocycles. The van der Waals surface area contributed by atoms with Gasteiger partial charge in [-0.2, -0.15) is 5.10 Å². The van der Waals surface area contributed by atoms with Crippen LogP contribution in [-0.4, -0.2) is 44.5 Å². The van der Waals surface area contributed by atoms with Gasteiger partial charge < -0.3 is 15.5 Å². The summed E-state index contributed by atoms with van der Waals surface area (Å²) in [6, 6.07) is 8.69. The van der Waals surface area contributed by atoms with Crippen molar-refractivity contribution >= 4 is 23.3 Å².